The number of benzene rings is 2. The lowest BCUT2D eigenvalue weighted by atomic mass is 10.1. The van der Waals surface area contributed by atoms with E-state index in [4.69, 9.17) is 4.74 Å². The summed E-state index contributed by atoms with van der Waals surface area (Å²) < 4.78 is 20.8. The van der Waals surface area contributed by atoms with Gasteiger partial charge in [-0.2, -0.15) is 0 Å². The van der Waals surface area contributed by atoms with Gasteiger partial charge in [0.25, 0.3) is 5.91 Å². The number of nitrogens with zero attached hydrogens (tertiary/aromatic N) is 4. The van der Waals surface area contributed by atoms with Crippen LogP contribution in [0.3, 0.4) is 0 Å². The fourth-order valence-corrected chi connectivity index (χ4v) is 3.28. The standard InChI is InChI=1S/C24H22FN5O2/c1-3-32-20-7-4-17(5-8-20)15-27-24(31)22-23(18-10-12-26-13-11-18)30(29-28-22)19-6-9-21(25)16(2)14-19/h4-14H,3,15H2,1-2H3,(H,27,31). The van der Waals surface area contributed by atoms with Crippen molar-refractivity contribution in [2.24, 2.45) is 0 Å². The van der Waals surface area contributed by atoms with Crippen molar-refractivity contribution in [1.29, 1.82) is 0 Å². The van der Waals surface area contributed by atoms with Crippen LogP contribution in [0, 0.1) is 12.7 Å². The lowest BCUT2D eigenvalue weighted by Gasteiger charge is -2.10. The number of nitrogens with one attached hydrogen (secondary N) is 1. The lowest BCUT2D eigenvalue weighted by Crippen LogP contribution is -2.24. The van der Waals surface area contributed by atoms with Crippen LogP contribution in [0.5, 0.6) is 5.75 Å². The van der Waals surface area contributed by atoms with E-state index in [9.17, 15) is 9.18 Å². The van der Waals surface area contributed by atoms with Gasteiger partial charge in [0.05, 0.1) is 12.3 Å². The molecule has 32 heavy (non-hydrogen) atoms. The second kappa shape index (κ2) is 9.38. The summed E-state index contributed by atoms with van der Waals surface area (Å²) in [6.07, 6.45) is 3.26. The van der Waals surface area contributed by atoms with E-state index in [2.05, 4.69) is 20.6 Å². The minimum Gasteiger partial charge on any atom is -0.494 e. The number of hydrogen-bond acceptors (Lipinski definition) is 5. The SMILES string of the molecule is CCOc1ccc(CNC(=O)c2nnn(-c3ccc(F)c(C)c3)c2-c2ccncc2)cc1. The molecule has 0 spiro atoms. The molecule has 0 radical (unpaired) electrons. The number of aromatic nitrogens is 4. The van der Waals surface area contributed by atoms with Gasteiger partial charge in [-0.1, -0.05) is 17.3 Å². The highest BCUT2D eigenvalue weighted by molar-refractivity contribution is 5.98. The molecule has 1 amide bonds. The second-order valence-corrected chi connectivity index (χ2v) is 7.13. The van der Waals surface area contributed by atoms with Crippen LogP contribution >= 0.6 is 0 Å². The smallest absolute Gasteiger partial charge is 0.274 e. The molecule has 0 unspecified atom stereocenters. The molecule has 0 bridgehead atoms. The normalized spacial score (nSPS) is 10.7. The molecular weight excluding hydrogens is 409 g/mol. The Bertz CT molecular complexity index is 1220. The summed E-state index contributed by atoms with van der Waals surface area (Å²) in [5.74, 6) is 0.100. The van der Waals surface area contributed by atoms with E-state index in [1.807, 2.05) is 31.2 Å². The predicted octanol–water partition coefficient (Wildman–Crippen LogP) is 4.11. The van der Waals surface area contributed by atoms with Crippen LogP contribution in [0.1, 0.15) is 28.5 Å². The molecule has 0 saturated carbocycles. The zero-order chi connectivity index (χ0) is 22.5. The molecular formula is C24H22FN5O2. The summed E-state index contributed by atoms with van der Waals surface area (Å²) in [6.45, 7) is 4.52. The molecule has 0 aliphatic carbocycles. The van der Waals surface area contributed by atoms with Gasteiger partial charge in [0.15, 0.2) is 5.69 Å². The summed E-state index contributed by atoms with van der Waals surface area (Å²) in [7, 11) is 0. The molecule has 0 fully saturated rings. The molecule has 4 rings (SSSR count). The quantitative estimate of drug-likeness (QED) is 0.476. The summed E-state index contributed by atoms with van der Waals surface area (Å²) in [5, 5.41) is 11.2. The van der Waals surface area contributed by atoms with Gasteiger partial charge < -0.3 is 10.1 Å². The van der Waals surface area contributed by atoms with E-state index in [0.29, 0.717) is 30.1 Å². The van der Waals surface area contributed by atoms with Crippen LogP contribution < -0.4 is 10.1 Å². The number of halogens is 1. The molecule has 0 atom stereocenters. The first-order chi connectivity index (χ1) is 15.6. The van der Waals surface area contributed by atoms with Crippen LogP contribution in [0.2, 0.25) is 0 Å². The van der Waals surface area contributed by atoms with Crippen LogP contribution in [-0.4, -0.2) is 32.5 Å². The van der Waals surface area contributed by atoms with Gasteiger partial charge in [-0.25, -0.2) is 9.07 Å². The van der Waals surface area contributed by atoms with Crippen LogP contribution in [-0.2, 0) is 6.54 Å². The minimum atomic E-state index is -0.365. The van der Waals surface area contributed by atoms with Gasteiger partial charge in [-0.15, -0.1) is 5.10 Å². The highest BCUT2D eigenvalue weighted by Crippen LogP contribution is 2.26. The molecule has 2 aromatic heterocycles. The molecule has 4 aromatic rings. The molecule has 2 aromatic carbocycles. The molecule has 0 saturated heterocycles. The Morgan fingerprint density at radius 3 is 2.53 bits per heavy atom. The number of pyridine rings is 1. The van der Waals surface area contributed by atoms with Crippen LogP contribution in [0.15, 0.2) is 67.0 Å². The molecule has 0 aliphatic heterocycles. The maximum atomic E-state index is 13.8. The fourth-order valence-electron chi connectivity index (χ4n) is 3.28. The largest absolute Gasteiger partial charge is 0.494 e. The van der Waals surface area contributed by atoms with E-state index >= 15 is 0 Å². The van der Waals surface area contributed by atoms with Gasteiger partial charge in [-0.3, -0.25) is 9.78 Å². The molecule has 8 heteroatoms. The Morgan fingerprint density at radius 2 is 1.84 bits per heavy atom. The van der Waals surface area contributed by atoms with Crippen LogP contribution in [0.25, 0.3) is 16.9 Å². The first-order valence-electron chi connectivity index (χ1n) is 10.2. The summed E-state index contributed by atoms with van der Waals surface area (Å²) >= 11 is 0. The predicted molar refractivity (Wildman–Crippen MR) is 118 cm³/mol. The molecule has 1 N–H and O–H groups in total. The van der Waals surface area contributed by atoms with E-state index in [0.717, 1.165) is 16.9 Å². The average molecular weight is 431 g/mol. The van der Waals surface area contributed by atoms with Crippen molar-refractivity contribution in [3.63, 3.8) is 0 Å². The zero-order valence-electron chi connectivity index (χ0n) is 17.7. The van der Waals surface area contributed by atoms with Gasteiger partial charge in [0, 0.05) is 24.5 Å². The van der Waals surface area contributed by atoms with Crippen molar-refractivity contribution in [3.8, 4) is 22.7 Å². The van der Waals surface area contributed by atoms with Crippen LogP contribution in [0.4, 0.5) is 4.39 Å². The Morgan fingerprint density at radius 1 is 1.09 bits per heavy atom. The maximum absolute atomic E-state index is 13.8. The van der Waals surface area contributed by atoms with E-state index in [-0.39, 0.29) is 17.4 Å². The first kappa shape index (κ1) is 21.2. The van der Waals surface area contributed by atoms with Crippen molar-refractivity contribution in [3.05, 3.63) is 89.6 Å². The number of carbonyl (C=O) groups excluding carboxylic acids is 1. The van der Waals surface area contributed by atoms with Gasteiger partial charge in [0.2, 0.25) is 0 Å². The molecule has 7 nitrogen and oxygen atoms in total. The summed E-state index contributed by atoms with van der Waals surface area (Å²) in [6, 6.07) is 15.7. The Labute approximate surface area is 184 Å². The monoisotopic (exact) mass is 431 g/mol. The highest BCUT2D eigenvalue weighted by Gasteiger charge is 2.22. The van der Waals surface area contributed by atoms with Gasteiger partial charge in [-0.05, 0) is 67.4 Å². The van der Waals surface area contributed by atoms with E-state index < -0.39 is 0 Å². The third-order valence-electron chi connectivity index (χ3n) is 4.91. The third kappa shape index (κ3) is 4.49. The number of hydrogen-bond donors (Lipinski definition) is 1. The lowest BCUT2D eigenvalue weighted by molar-refractivity contribution is 0.0946. The molecule has 162 valence electrons. The summed E-state index contributed by atoms with van der Waals surface area (Å²) in [4.78, 5) is 17.1. The Hall–Kier alpha value is -4.07. The molecule has 2 heterocycles. The number of ether oxygens (including phenoxy) is 1. The Kier molecular flexibility index (Phi) is 6.21. The zero-order valence-corrected chi connectivity index (χ0v) is 17.7. The van der Waals surface area contributed by atoms with E-state index in [1.54, 1.807) is 43.6 Å². The topological polar surface area (TPSA) is 81.9 Å². The Balaban J connectivity index is 1.63. The molecule has 0 aliphatic rings. The van der Waals surface area contributed by atoms with Crippen molar-refractivity contribution in [1.82, 2.24) is 25.3 Å². The van der Waals surface area contributed by atoms with Crippen molar-refractivity contribution in [2.45, 2.75) is 20.4 Å². The van der Waals surface area contributed by atoms with Gasteiger partial charge >= 0.3 is 0 Å². The minimum absolute atomic E-state index is 0.170. The maximum Gasteiger partial charge on any atom is 0.274 e. The highest BCUT2D eigenvalue weighted by atomic mass is 19.1. The van der Waals surface area contributed by atoms with E-state index in [1.165, 1.54) is 10.7 Å². The number of aryl methyl sites for hydroxylation is 1. The van der Waals surface area contributed by atoms with Crippen molar-refractivity contribution in [2.75, 3.05) is 6.61 Å². The summed E-state index contributed by atoms with van der Waals surface area (Å²) in [5.41, 5.74) is 3.40. The number of amides is 1. The number of carbonyl (C=O) groups is 1. The number of rotatable bonds is 7. The van der Waals surface area contributed by atoms with Crippen molar-refractivity contribution < 1.29 is 13.9 Å². The second-order valence-electron chi connectivity index (χ2n) is 7.13. The average Bonchev–Trinajstić information content (AvgIpc) is 3.26. The third-order valence-corrected chi connectivity index (χ3v) is 4.91. The van der Waals surface area contributed by atoms with Gasteiger partial charge in [0.1, 0.15) is 17.3 Å². The first-order valence-corrected chi connectivity index (χ1v) is 10.2. The fraction of sp³-hybridized carbons (Fsp3) is 0.167. The van der Waals surface area contributed by atoms with Crippen molar-refractivity contribution >= 4 is 5.91 Å².